The predicted octanol–water partition coefficient (Wildman–Crippen LogP) is 3.34. The van der Waals surface area contributed by atoms with Gasteiger partial charge in [-0.2, -0.15) is 0 Å². The summed E-state index contributed by atoms with van der Waals surface area (Å²) in [6.07, 6.45) is 4.22. The number of Topliss-reactive ketones (excluding diaryl/α,β-unsaturated/α-hetero) is 1. The fourth-order valence-corrected chi connectivity index (χ4v) is 2.55. The zero-order chi connectivity index (χ0) is 10.4. The molecule has 76 valence electrons. The fourth-order valence-electron chi connectivity index (χ4n) is 2.30. The molecule has 3 heteroatoms. The summed E-state index contributed by atoms with van der Waals surface area (Å²) in [6, 6.07) is 3.83. The minimum Gasteiger partial charge on any atom is -0.360 e. The number of ketones is 1. The van der Waals surface area contributed by atoms with Crippen molar-refractivity contribution in [1.82, 2.24) is 4.98 Å². The van der Waals surface area contributed by atoms with Gasteiger partial charge in [-0.3, -0.25) is 4.79 Å². The van der Waals surface area contributed by atoms with Crippen molar-refractivity contribution in [2.75, 3.05) is 0 Å². The Labute approximate surface area is 92.2 Å². The summed E-state index contributed by atoms with van der Waals surface area (Å²) in [5.41, 5.74) is 2.94. The quantitative estimate of drug-likeness (QED) is 0.724. The number of aryl methyl sites for hydroxylation is 1. The van der Waals surface area contributed by atoms with Gasteiger partial charge in [-0.25, -0.2) is 0 Å². The number of halogens is 1. The average Bonchev–Trinajstić information content (AvgIpc) is 2.57. The number of aromatic nitrogens is 1. The van der Waals surface area contributed by atoms with E-state index < -0.39 is 0 Å². The SMILES string of the molecule is O=C1CCCc2c(Cl)ccc3[nH]cc1c23. The highest BCUT2D eigenvalue weighted by Crippen LogP contribution is 2.33. The first-order valence-corrected chi connectivity index (χ1v) is 5.47. The van der Waals surface area contributed by atoms with Crippen LogP contribution in [0.15, 0.2) is 18.3 Å². The molecule has 0 bridgehead atoms. The Morgan fingerprint density at radius 3 is 3.00 bits per heavy atom. The molecule has 1 aliphatic rings. The predicted molar refractivity (Wildman–Crippen MR) is 60.6 cm³/mol. The number of carbonyl (C=O) groups is 1. The number of aromatic amines is 1. The Kier molecular flexibility index (Phi) is 1.86. The van der Waals surface area contributed by atoms with Gasteiger partial charge in [-0.15, -0.1) is 0 Å². The fraction of sp³-hybridized carbons (Fsp3) is 0.250. The smallest absolute Gasteiger partial charge is 0.165 e. The van der Waals surface area contributed by atoms with Gasteiger partial charge in [0.15, 0.2) is 5.78 Å². The van der Waals surface area contributed by atoms with Crippen molar-refractivity contribution in [2.45, 2.75) is 19.3 Å². The van der Waals surface area contributed by atoms with Crippen molar-refractivity contribution >= 4 is 28.3 Å². The van der Waals surface area contributed by atoms with E-state index in [9.17, 15) is 4.79 Å². The van der Waals surface area contributed by atoms with Crippen LogP contribution in [0, 0.1) is 0 Å². The molecule has 0 radical (unpaired) electrons. The highest BCUT2D eigenvalue weighted by Gasteiger charge is 2.20. The van der Waals surface area contributed by atoms with Crippen molar-refractivity contribution in [2.24, 2.45) is 0 Å². The summed E-state index contributed by atoms with van der Waals surface area (Å²) in [6.45, 7) is 0. The molecule has 0 aliphatic heterocycles. The normalized spacial score (nSPS) is 15.7. The zero-order valence-electron chi connectivity index (χ0n) is 8.14. The molecule has 15 heavy (non-hydrogen) atoms. The molecule has 2 nitrogen and oxygen atoms in total. The summed E-state index contributed by atoms with van der Waals surface area (Å²) < 4.78 is 0. The molecule has 0 saturated carbocycles. The third-order valence-electron chi connectivity index (χ3n) is 3.03. The molecule has 2 aromatic rings. The first-order valence-electron chi connectivity index (χ1n) is 5.09. The number of hydrogen-bond acceptors (Lipinski definition) is 1. The summed E-state index contributed by atoms with van der Waals surface area (Å²) in [7, 11) is 0. The highest BCUT2D eigenvalue weighted by molar-refractivity contribution is 6.32. The van der Waals surface area contributed by atoms with Gasteiger partial charge in [-0.1, -0.05) is 11.6 Å². The molecule has 0 fully saturated rings. The Hall–Kier alpha value is -1.28. The molecular formula is C12H10ClNO. The average molecular weight is 220 g/mol. The Morgan fingerprint density at radius 1 is 1.27 bits per heavy atom. The number of rotatable bonds is 0. The van der Waals surface area contributed by atoms with Crippen LogP contribution in [0.3, 0.4) is 0 Å². The molecule has 0 saturated heterocycles. The summed E-state index contributed by atoms with van der Waals surface area (Å²) in [4.78, 5) is 14.9. The van der Waals surface area contributed by atoms with E-state index in [-0.39, 0.29) is 5.78 Å². The van der Waals surface area contributed by atoms with E-state index in [0.717, 1.165) is 39.9 Å². The first-order chi connectivity index (χ1) is 7.27. The van der Waals surface area contributed by atoms with Crippen molar-refractivity contribution in [3.63, 3.8) is 0 Å². The minimum atomic E-state index is 0.224. The van der Waals surface area contributed by atoms with Crippen LogP contribution in [0.5, 0.6) is 0 Å². The van der Waals surface area contributed by atoms with Crippen LogP contribution in [0.2, 0.25) is 5.02 Å². The lowest BCUT2D eigenvalue weighted by Gasteiger charge is -2.03. The van der Waals surface area contributed by atoms with Gasteiger partial charge in [-0.05, 0) is 30.5 Å². The van der Waals surface area contributed by atoms with Crippen LogP contribution >= 0.6 is 11.6 Å². The van der Waals surface area contributed by atoms with Gasteiger partial charge >= 0.3 is 0 Å². The monoisotopic (exact) mass is 219 g/mol. The second kappa shape index (κ2) is 3.11. The van der Waals surface area contributed by atoms with Gasteiger partial charge in [0.2, 0.25) is 0 Å². The number of hydrogen-bond donors (Lipinski definition) is 1. The standard InChI is InChI=1S/C12H10ClNO/c13-9-4-5-10-12-7(9)2-1-3-11(15)8(12)6-14-10/h4-6,14H,1-3H2. The molecule has 0 amide bonds. The van der Waals surface area contributed by atoms with Crippen LogP contribution in [-0.4, -0.2) is 10.8 Å². The third kappa shape index (κ3) is 1.21. The molecule has 0 unspecified atom stereocenters. The lowest BCUT2D eigenvalue weighted by atomic mass is 10.0. The molecule has 3 rings (SSSR count). The number of carbonyl (C=O) groups excluding carboxylic acids is 1. The van der Waals surface area contributed by atoms with Gasteiger partial charge in [0.25, 0.3) is 0 Å². The topological polar surface area (TPSA) is 32.9 Å². The zero-order valence-corrected chi connectivity index (χ0v) is 8.90. The maximum atomic E-state index is 11.8. The van der Waals surface area contributed by atoms with E-state index >= 15 is 0 Å². The lowest BCUT2D eigenvalue weighted by Crippen LogP contribution is -1.94. The van der Waals surface area contributed by atoms with Gasteiger partial charge in [0.1, 0.15) is 0 Å². The molecule has 1 heterocycles. The second-order valence-electron chi connectivity index (χ2n) is 3.93. The highest BCUT2D eigenvalue weighted by atomic mass is 35.5. The second-order valence-corrected chi connectivity index (χ2v) is 4.33. The van der Waals surface area contributed by atoms with Crippen LogP contribution in [-0.2, 0) is 6.42 Å². The maximum absolute atomic E-state index is 11.8. The van der Waals surface area contributed by atoms with E-state index in [1.54, 1.807) is 6.20 Å². The number of nitrogens with one attached hydrogen (secondary N) is 1. The Bertz CT molecular complexity index is 556. The Balaban J connectivity index is 2.46. The molecule has 1 aromatic carbocycles. The lowest BCUT2D eigenvalue weighted by molar-refractivity contribution is 0.0983. The van der Waals surface area contributed by atoms with Crippen molar-refractivity contribution in [3.05, 3.63) is 34.5 Å². The third-order valence-corrected chi connectivity index (χ3v) is 3.38. The molecular weight excluding hydrogens is 210 g/mol. The van der Waals surface area contributed by atoms with E-state index in [1.165, 1.54) is 0 Å². The molecule has 0 atom stereocenters. The Morgan fingerprint density at radius 2 is 2.13 bits per heavy atom. The van der Waals surface area contributed by atoms with Gasteiger partial charge < -0.3 is 4.98 Å². The molecule has 1 N–H and O–H groups in total. The molecule has 1 aromatic heterocycles. The van der Waals surface area contributed by atoms with Gasteiger partial charge in [0.05, 0.1) is 0 Å². The summed E-state index contributed by atoms with van der Waals surface area (Å²) >= 11 is 6.16. The first kappa shape index (κ1) is 8.98. The van der Waals surface area contributed by atoms with Crippen molar-refractivity contribution in [1.29, 1.82) is 0 Å². The van der Waals surface area contributed by atoms with Crippen LogP contribution in [0.25, 0.3) is 10.9 Å². The van der Waals surface area contributed by atoms with Crippen molar-refractivity contribution in [3.8, 4) is 0 Å². The van der Waals surface area contributed by atoms with E-state index in [0.29, 0.717) is 6.42 Å². The molecule has 0 spiro atoms. The van der Waals surface area contributed by atoms with Crippen LogP contribution in [0.1, 0.15) is 28.8 Å². The molecule has 1 aliphatic carbocycles. The van der Waals surface area contributed by atoms with E-state index in [2.05, 4.69) is 4.98 Å². The van der Waals surface area contributed by atoms with Crippen LogP contribution in [0.4, 0.5) is 0 Å². The van der Waals surface area contributed by atoms with Crippen molar-refractivity contribution < 1.29 is 4.79 Å². The van der Waals surface area contributed by atoms with E-state index in [1.807, 2.05) is 12.1 Å². The van der Waals surface area contributed by atoms with E-state index in [4.69, 9.17) is 11.6 Å². The van der Waals surface area contributed by atoms with Crippen LogP contribution < -0.4 is 0 Å². The number of H-pyrrole nitrogens is 1. The number of benzene rings is 1. The summed E-state index contributed by atoms with van der Waals surface area (Å²) in [5, 5.41) is 1.81. The largest absolute Gasteiger partial charge is 0.360 e. The maximum Gasteiger partial charge on any atom is 0.165 e. The summed E-state index contributed by atoms with van der Waals surface area (Å²) in [5.74, 6) is 0.224. The van der Waals surface area contributed by atoms with Gasteiger partial charge in [0, 0.05) is 34.1 Å². The minimum absolute atomic E-state index is 0.224.